The molecule has 6 aromatic rings. The van der Waals surface area contributed by atoms with Crippen LogP contribution in [-0.4, -0.2) is 36.6 Å². The Kier molecular flexibility index (Phi) is 6.58. The monoisotopic (exact) mass is 570 g/mol. The summed E-state index contributed by atoms with van der Waals surface area (Å²) in [5.74, 6) is -0.492. The van der Waals surface area contributed by atoms with E-state index in [0.717, 1.165) is 22.0 Å². The number of hydrogen-bond donors (Lipinski definition) is 1. The van der Waals surface area contributed by atoms with Crippen LogP contribution in [0.5, 0.6) is 0 Å². The third-order valence-corrected chi connectivity index (χ3v) is 7.53. The van der Waals surface area contributed by atoms with Crippen LogP contribution in [0.3, 0.4) is 0 Å². The molecule has 0 spiro atoms. The van der Waals surface area contributed by atoms with Crippen LogP contribution in [0.2, 0.25) is 10.0 Å². The Balaban J connectivity index is 1.66. The van der Waals surface area contributed by atoms with Crippen LogP contribution in [0.1, 0.15) is 34.2 Å². The maximum absolute atomic E-state index is 12.5. The number of hydrogen-bond acceptors (Lipinski definition) is 5. The first-order valence-electron chi connectivity index (χ1n) is 12.6. The summed E-state index contributed by atoms with van der Waals surface area (Å²) in [6.45, 7) is 2.01. The fourth-order valence-electron chi connectivity index (χ4n) is 5.14. The molecular weight excluding hydrogens is 547 g/mol. The van der Waals surface area contributed by atoms with Gasteiger partial charge in [-0.05, 0) is 71.6 Å². The van der Waals surface area contributed by atoms with Crippen LogP contribution < -0.4 is 0 Å². The van der Waals surface area contributed by atoms with Crippen molar-refractivity contribution in [2.45, 2.75) is 12.5 Å². The molecule has 1 N–H and O–H groups in total. The van der Waals surface area contributed by atoms with Gasteiger partial charge in [0.1, 0.15) is 5.65 Å². The van der Waals surface area contributed by atoms with E-state index in [2.05, 4.69) is 9.97 Å². The maximum atomic E-state index is 12.5. The summed E-state index contributed by atoms with van der Waals surface area (Å²) in [4.78, 5) is 21.3. The summed E-state index contributed by atoms with van der Waals surface area (Å²) >= 11 is 12.6. The van der Waals surface area contributed by atoms with Gasteiger partial charge in [-0.15, -0.1) is 0 Å². The summed E-state index contributed by atoms with van der Waals surface area (Å²) in [7, 11) is 1.84. The second kappa shape index (κ2) is 10.1. The number of aliphatic hydroxyl groups is 1. The molecule has 6 rings (SSSR count). The normalized spacial score (nSPS) is 13.0. The maximum Gasteiger partial charge on any atom is 0.358 e. The minimum absolute atomic E-state index is 0.211. The van der Waals surface area contributed by atoms with Crippen molar-refractivity contribution in [2.75, 3.05) is 6.61 Å². The second-order valence-corrected chi connectivity index (χ2v) is 10.4. The number of ether oxygens (including phenoxy) is 1. The van der Waals surface area contributed by atoms with E-state index >= 15 is 0 Å². The molecule has 200 valence electrons. The lowest BCUT2D eigenvalue weighted by Crippen LogP contribution is -2.31. The van der Waals surface area contributed by atoms with Gasteiger partial charge in [-0.25, -0.2) is 14.8 Å². The van der Waals surface area contributed by atoms with Crippen molar-refractivity contribution >= 4 is 45.7 Å². The van der Waals surface area contributed by atoms with E-state index < -0.39 is 11.6 Å². The number of carbonyl (C=O) groups excluding carboxylic acids is 1. The van der Waals surface area contributed by atoms with Crippen molar-refractivity contribution in [3.05, 3.63) is 124 Å². The Bertz CT molecular complexity index is 1890. The first-order chi connectivity index (χ1) is 19.3. The molecule has 3 heterocycles. The van der Waals surface area contributed by atoms with Gasteiger partial charge in [-0.3, -0.25) is 4.40 Å². The number of benzene rings is 3. The van der Waals surface area contributed by atoms with Gasteiger partial charge in [0.05, 0.1) is 30.3 Å². The zero-order chi connectivity index (χ0) is 28.0. The Morgan fingerprint density at radius 2 is 1.77 bits per heavy atom. The molecule has 3 aromatic heterocycles. The minimum Gasteiger partial charge on any atom is -0.461 e. The fraction of sp³-hybridized carbons (Fsp3) is 0.129. The predicted molar refractivity (Wildman–Crippen MR) is 156 cm³/mol. The Labute approximate surface area is 240 Å². The van der Waals surface area contributed by atoms with Gasteiger partial charge >= 0.3 is 5.97 Å². The molecule has 0 amide bonds. The number of pyridine rings is 1. The molecule has 0 fully saturated rings. The molecule has 0 aliphatic carbocycles. The molecule has 40 heavy (non-hydrogen) atoms. The van der Waals surface area contributed by atoms with Crippen LogP contribution in [0, 0.1) is 0 Å². The number of halogens is 2. The minimum atomic E-state index is -1.55. The summed E-state index contributed by atoms with van der Waals surface area (Å²) in [5.41, 5.74) is 3.60. The van der Waals surface area contributed by atoms with Crippen LogP contribution in [-0.2, 0) is 17.4 Å². The van der Waals surface area contributed by atoms with Gasteiger partial charge in [0.2, 0.25) is 0 Å². The highest BCUT2D eigenvalue weighted by molar-refractivity contribution is 6.31. The van der Waals surface area contributed by atoms with Crippen molar-refractivity contribution in [2.24, 2.45) is 7.05 Å². The molecule has 7 nitrogen and oxygen atoms in total. The first-order valence-corrected chi connectivity index (χ1v) is 13.4. The smallest absolute Gasteiger partial charge is 0.358 e. The van der Waals surface area contributed by atoms with Gasteiger partial charge in [-0.1, -0.05) is 53.5 Å². The van der Waals surface area contributed by atoms with E-state index in [1.54, 1.807) is 42.3 Å². The Morgan fingerprint density at radius 3 is 2.48 bits per heavy atom. The summed E-state index contributed by atoms with van der Waals surface area (Å²) < 4.78 is 8.84. The average molecular weight is 571 g/mol. The molecule has 0 radical (unpaired) electrons. The van der Waals surface area contributed by atoms with E-state index in [9.17, 15) is 9.90 Å². The highest BCUT2D eigenvalue weighted by Crippen LogP contribution is 2.40. The quantitative estimate of drug-likeness (QED) is 0.226. The van der Waals surface area contributed by atoms with Crippen molar-refractivity contribution in [1.29, 1.82) is 0 Å². The number of aryl methyl sites for hydroxylation is 1. The number of nitrogens with zero attached hydrogens (tertiary/aromatic N) is 4. The molecule has 9 heteroatoms. The molecule has 0 aliphatic rings. The van der Waals surface area contributed by atoms with E-state index in [-0.39, 0.29) is 12.3 Å². The molecule has 1 atom stereocenters. The third-order valence-electron chi connectivity index (χ3n) is 7.04. The van der Waals surface area contributed by atoms with Crippen LogP contribution in [0.15, 0.2) is 91.5 Å². The van der Waals surface area contributed by atoms with E-state index in [4.69, 9.17) is 27.9 Å². The van der Waals surface area contributed by atoms with Crippen molar-refractivity contribution < 1.29 is 14.6 Å². The lowest BCUT2D eigenvalue weighted by Gasteiger charge is -2.30. The van der Waals surface area contributed by atoms with Gasteiger partial charge in [-0.2, -0.15) is 0 Å². The lowest BCUT2D eigenvalue weighted by atomic mass is 9.82. The summed E-state index contributed by atoms with van der Waals surface area (Å²) in [5, 5.41) is 14.5. The van der Waals surface area contributed by atoms with Crippen molar-refractivity contribution in [3.63, 3.8) is 0 Å². The Morgan fingerprint density at radius 1 is 1.00 bits per heavy atom. The topological polar surface area (TPSA) is 81.6 Å². The standard InChI is InChI=1S/C31H24Cl2N4O3/c1-3-40-30(38)26-17-37-27-12-9-21(14-25(27)24(15-29(37)35-26)19-5-4-6-23(33)13-19)31(39,28-16-34-18-36(28)2)20-7-10-22(32)11-8-20/h4-18,39H,3H2,1-2H3. The number of esters is 1. The van der Waals surface area contributed by atoms with Crippen molar-refractivity contribution in [1.82, 2.24) is 18.9 Å². The number of carbonyl (C=O) groups is 1. The van der Waals surface area contributed by atoms with Crippen LogP contribution >= 0.6 is 23.2 Å². The van der Waals surface area contributed by atoms with Gasteiger partial charge in [0.25, 0.3) is 0 Å². The van der Waals surface area contributed by atoms with Crippen LogP contribution in [0.4, 0.5) is 0 Å². The summed E-state index contributed by atoms with van der Waals surface area (Å²) in [6, 6.07) is 22.3. The molecule has 0 aliphatic heterocycles. The highest BCUT2D eigenvalue weighted by atomic mass is 35.5. The van der Waals surface area contributed by atoms with E-state index in [1.165, 1.54) is 0 Å². The predicted octanol–water partition coefficient (Wildman–Crippen LogP) is 6.66. The lowest BCUT2D eigenvalue weighted by molar-refractivity contribution is 0.0520. The molecule has 0 saturated heterocycles. The van der Waals surface area contributed by atoms with E-state index in [0.29, 0.717) is 32.5 Å². The summed E-state index contributed by atoms with van der Waals surface area (Å²) in [6.07, 6.45) is 4.98. The SMILES string of the molecule is CCOC(=O)c1cn2c(cc(-c3cccc(Cl)c3)c3cc(C(O)(c4ccc(Cl)cc4)c4cncn4C)ccc32)n1. The molecular formula is C31H24Cl2N4O3. The van der Waals surface area contributed by atoms with Crippen molar-refractivity contribution in [3.8, 4) is 11.1 Å². The number of aromatic nitrogens is 4. The number of imidazole rings is 2. The molecule has 0 bridgehead atoms. The highest BCUT2D eigenvalue weighted by Gasteiger charge is 2.37. The third kappa shape index (κ3) is 4.32. The molecule has 1 unspecified atom stereocenters. The van der Waals surface area contributed by atoms with Gasteiger partial charge < -0.3 is 14.4 Å². The Hall–Kier alpha value is -4.17. The van der Waals surface area contributed by atoms with E-state index in [1.807, 2.05) is 72.1 Å². The second-order valence-electron chi connectivity index (χ2n) is 9.48. The van der Waals surface area contributed by atoms with Gasteiger partial charge in [0.15, 0.2) is 11.3 Å². The fourth-order valence-corrected chi connectivity index (χ4v) is 5.46. The average Bonchev–Trinajstić information content (AvgIpc) is 3.59. The first kappa shape index (κ1) is 26.1. The van der Waals surface area contributed by atoms with Crippen LogP contribution in [0.25, 0.3) is 27.7 Å². The molecule has 3 aromatic carbocycles. The molecule has 0 saturated carbocycles. The zero-order valence-corrected chi connectivity index (χ0v) is 23.2. The number of fused-ring (bicyclic) bond motifs is 3. The number of rotatable bonds is 6. The van der Waals surface area contributed by atoms with Gasteiger partial charge in [0, 0.05) is 28.7 Å². The largest absolute Gasteiger partial charge is 0.461 e. The zero-order valence-electron chi connectivity index (χ0n) is 21.7.